The highest BCUT2D eigenvalue weighted by atomic mass is 16.5. The fraction of sp³-hybridized carbons (Fsp3) is 0.423. The predicted octanol–water partition coefficient (Wildman–Crippen LogP) is 3.80. The maximum absolute atomic E-state index is 13.1. The zero-order valence-corrected chi connectivity index (χ0v) is 20.0. The third-order valence-corrected chi connectivity index (χ3v) is 5.59. The Bertz CT molecular complexity index is 1030. The molecule has 1 N–H and O–H groups in total. The Labute approximate surface area is 195 Å². The standard InChI is InChI=1S/C26H33N3O4/c1-17(2)16-33-21-8-7-20(15-18(21)3)24(30)22-23(19-9-11-27-12-10-19)29(26(32)25(22)31)14-6-13-28(4)5/h7-12,15,17,23,30H,6,13-14,16H2,1-5H3/b24-22+/t23-/m1/s1. The molecule has 7 nitrogen and oxygen atoms in total. The lowest BCUT2D eigenvalue weighted by molar-refractivity contribution is -0.139. The van der Waals surface area contributed by atoms with Crippen molar-refractivity contribution in [1.29, 1.82) is 0 Å². The fourth-order valence-electron chi connectivity index (χ4n) is 3.93. The summed E-state index contributed by atoms with van der Waals surface area (Å²) >= 11 is 0. The maximum Gasteiger partial charge on any atom is 0.295 e. The second-order valence-corrected chi connectivity index (χ2v) is 9.11. The van der Waals surface area contributed by atoms with Crippen LogP contribution in [0, 0.1) is 12.8 Å². The van der Waals surface area contributed by atoms with Crippen molar-refractivity contribution in [2.24, 2.45) is 5.92 Å². The molecule has 1 atom stereocenters. The Morgan fingerprint density at radius 1 is 1.18 bits per heavy atom. The van der Waals surface area contributed by atoms with Crippen molar-refractivity contribution in [3.05, 3.63) is 65.0 Å². The Morgan fingerprint density at radius 2 is 1.88 bits per heavy atom. The van der Waals surface area contributed by atoms with Gasteiger partial charge >= 0.3 is 0 Å². The number of benzene rings is 1. The first kappa shape index (κ1) is 24.5. The summed E-state index contributed by atoms with van der Waals surface area (Å²) in [5.74, 6) is -0.317. The molecule has 7 heteroatoms. The lowest BCUT2D eigenvalue weighted by Crippen LogP contribution is -2.32. The van der Waals surface area contributed by atoms with E-state index in [1.54, 1.807) is 47.6 Å². The van der Waals surface area contributed by atoms with E-state index in [0.29, 0.717) is 31.1 Å². The van der Waals surface area contributed by atoms with E-state index >= 15 is 0 Å². The van der Waals surface area contributed by atoms with Gasteiger partial charge in [-0.2, -0.15) is 0 Å². The molecule has 0 spiro atoms. The summed E-state index contributed by atoms with van der Waals surface area (Å²) in [5.41, 5.74) is 2.17. The van der Waals surface area contributed by atoms with Gasteiger partial charge in [-0.3, -0.25) is 14.6 Å². The molecule has 1 saturated heterocycles. The lowest BCUT2D eigenvalue weighted by atomic mass is 9.95. The van der Waals surface area contributed by atoms with Crippen LogP contribution in [0.2, 0.25) is 0 Å². The van der Waals surface area contributed by atoms with Crippen molar-refractivity contribution in [3.63, 3.8) is 0 Å². The smallest absolute Gasteiger partial charge is 0.295 e. The van der Waals surface area contributed by atoms with Gasteiger partial charge in [0.1, 0.15) is 11.5 Å². The van der Waals surface area contributed by atoms with Crippen LogP contribution >= 0.6 is 0 Å². The highest BCUT2D eigenvalue weighted by molar-refractivity contribution is 6.46. The normalized spacial score (nSPS) is 17.9. The Hall–Kier alpha value is -3.19. The van der Waals surface area contributed by atoms with Gasteiger partial charge in [-0.05, 0) is 81.4 Å². The average molecular weight is 452 g/mol. The highest BCUT2D eigenvalue weighted by Gasteiger charge is 2.45. The van der Waals surface area contributed by atoms with Crippen LogP contribution in [-0.4, -0.2) is 65.4 Å². The molecule has 0 radical (unpaired) electrons. The molecule has 176 valence electrons. The minimum absolute atomic E-state index is 0.103. The number of likely N-dealkylation sites (tertiary alicyclic amines) is 1. The summed E-state index contributed by atoms with van der Waals surface area (Å²) in [6, 6.07) is 8.19. The summed E-state index contributed by atoms with van der Waals surface area (Å²) in [5, 5.41) is 11.2. The van der Waals surface area contributed by atoms with Crippen LogP contribution in [0.4, 0.5) is 0 Å². The number of carbonyl (C=O) groups is 2. The van der Waals surface area contributed by atoms with Crippen molar-refractivity contribution >= 4 is 17.4 Å². The first-order chi connectivity index (χ1) is 15.7. The molecular weight excluding hydrogens is 418 g/mol. The molecule has 33 heavy (non-hydrogen) atoms. The van der Waals surface area contributed by atoms with Crippen LogP contribution in [0.1, 0.15) is 43.0 Å². The van der Waals surface area contributed by atoms with Crippen LogP contribution in [0.3, 0.4) is 0 Å². The van der Waals surface area contributed by atoms with E-state index in [0.717, 1.165) is 23.4 Å². The van der Waals surface area contributed by atoms with Gasteiger partial charge in [0.2, 0.25) is 0 Å². The van der Waals surface area contributed by atoms with Crippen LogP contribution in [0.5, 0.6) is 5.75 Å². The van der Waals surface area contributed by atoms with Crippen molar-refractivity contribution < 1.29 is 19.4 Å². The molecule has 0 bridgehead atoms. The third-order valence-electron chi connectivity index (χ3n) is 5.59. The van der Waals surface area contributed by atoms with Crippen molar-refractivity contribution in [3.8, 4) is 5.75 Å². The number of aliphatic hydroxyl groups is 1. The van der Waals surface area contributed by atoms with Gasteiger partial charge in [-0.25, -0.2) is 0 Å². The van der Waals surface area contributed by atoms with Crippen LogP contribution in [0.15, 0.2) is 48.3 Å². The number of aryl methyl sites for hydroxylation is 1. The van der Waals surface area contributed by atoms with Gasteiger partial charge in [-0.15, -0.1) is 0 Å². The molecule has 0 aliphatic carbocycles. The highest BCUT2D eigenvalue weighted by Crippen LogP contribution is 2.39. The number of Topliss-reactive ketones (excluding diaryl/α,β-unsaturated/α-hetero) is 1. The Kier molecular flexibility index (Phi) is 7.87. The van der Waals surface area contributed by atoms with Crippen LogP contribution in [0.25, 0.3) is 5.76 Å². The van der Waals surface area contributed by atoms with Crippen molar-refractivity contribution in [1.82, 2.24) is 14.8 Å². The third kappa shape index (κ3) is 5.60. The number of aliphatic hydroxyl groups excluding tert-OH is 1. The van der Waals surface area contributed by atoms with Gasteiger partial charge in [0.05, 0.1) is 18.2 Å². The molecule has 2 heterocycles. The quantitative estimate of drug-likeness (QED) is 0.355. The maximum atomic E-state index is 13.1. The monoisotopic (exact) mass is 451 g/mol. The molecule has 1 aliphatic heterocycles. The van der Waals surface area contributed by atoms with Gasteiger partial charge in [-0.1, -0.05) is 13.8 Å². The minimum Gasteiger partial charge on any atom is -0.507 e. The number of rotatable bonds is 9. The summed E-state index contributed by atoms with van der Waals surface area (Å²) in [6.45, 7) is 7.83. The van der Waals surface area contributed by atoms with E-state index in [1.807, 2.05) is 25.9 Å². The van der Waals surface area contributed by atoms with Crippen molar-refractivity contribution in [2.75, 3.05) is 33.8 Å². The lowest BCUT2D eigenvalue weighted by Gasteiger charge is -2.25. The van der Waals surface area contributed by atoms with E-state index in [9.17, 15) is 14.7 Å². The number of nitrogens with zero attached hydrogens (tertiary/aromatic N) is 3. The number of aromatic nitrogens is 1. The summed E-state index contributed by atoms with van der Waals surface area (Å²) < 4.78 is 5.83. The molecule has 1 aliphatic rings. The van der Waals surface area contributed by atoms with E-state index in [-0.39, 0.29) is 11.3 Å². The second-order valence-electron chi connectivity index (χ2n) is 9.11. The molecule has 2 aromatic rings. The van der Waals surface area contributed by atoms with Gasteiger partial charge in [0, 0.05) is 24.5 Å². The Balaban J connectivity index is 2.01. The van der Waals surface area contributed by atoms with Crippen LogP contribution in [-0.2, 0) is 9.59 Å². The molecule has 0 saturated carbocycles. The Morgan fingerprint density at radius 3 is 2.48 bits per heavy atom. The van der Waals surface area contributed by atoms with E-state index < -0.39 is 17.7 Å². The summed E-state index contributed by atoms with van der Waals surface area (Å²) in [6.07, 6.45) is 3.96. The minimum atomic E-state index is -0.669. The molecule has 3 rings (SSSR count). The van der Waals surface area contributed by atoms with E-state index in [2.05, 4.69) is 18.8 Å². The zero-order chi connectivity index (χ0) is 24.1. The molecular formula is C26H33N3O4. The molecule has 1 aromatic carbocycles. The van der Waals surface area contributed by atoms with E-state index in [4.69, 9.17) is 4.74 Å². The largest absolute Gasteiger partial charge is 0.507 e. The SMILES string of the molecule is Cc1cc(/C(O)=C2\C(=O)C(=O)N(CCCN(C)C)[C@@H]2c2ccncc2)ccc1OCC(C)C. The van der Waals surface area contributed by atoms with Crippen LogP contribution < -0.4 is 4.74 Å². The molecule has 1 aromatic heterocycles. The van der Waals surface area contributed by atoms with Gasteiger partial charge < -0.3 is 19.6 Å². The first-order valence-electron chi connectivity index (χ1n) is 11.3. The second kappa shape index (κ2) is 10.6. The number of ketones is 1. The molecule has 1 amide bonds. The fourth-order valence-corrected chi connectivity index (χ4v) is 3.93. The number of hydrogen-bond acceptors (Lipinski definition) is 6. The molecule has 0 unspecified atom stereocenters. The van der Waals surface area contributed by atoms with E-state index in [1.165, 1.54) is 0 Å². The molecule has 1 fully saturated rings. The first-order valence-corrected chi connectivity index (χ1v) is 11.3. The predicted molar refractivity (Wildman–Crippen MR) is 128 cm³/mol. The number of pyridine rings is 1. The topological polar surface area (TPSA) is 83.0 Å². The zero-order valence-electron chi connectivity index (χ0n) is 20.0. The van der Waals surface area contributed by atoms with Gasteiger partial charge in [0.15, 0.2) is 0 Å². The van der Waals surface area contributed by atoms with Crippen molar-refractivity contribution in [2.45, 2.75) is 33.2 Å². The number of amides is 1. The number of ether oxygens (including phenoxy) is 1. The number of hydrogen-bond donors (Lipinski definition) is 1. The summed E-state index contributed by atoms with van der Waals surface area (Å²) in [7, 11) is 3.93. The van der Waals surface area contributed by atoms with Gasteiger partial charge in [0.25, 0.3) is 11.7 Å². The number of carbonyl (C=O) groups excluding carboxylic acids is 2. The summed E-state index contributed by atoms with van der Waals surface area (Å²) in [4.78, 5) is 33.7. The average Bonchev–Trinajstić information content (AvgIpc) is 3.03.